The number of carbonyl (C=O) groups excluding carboxylic acids is 2. The molecule has 6 rings (SSSR count). The van der Waals surface area contributed by atoms with E-state index in [2.05, 4.69) is 10.6 Å². The Hall–Kier alpha value is -4.60. The number of hydrogen-bond acceptors (Lipinski definition) is 7. The van der Waals surface area contributed by atoms with Crippen LogP contribution in [0.25, 0.3) is 0 Å². The topological polar surface area (TPSA) is 108 Å². The molecule has 0 aromatic heterocycles. The quantitative estimate of drug-likeness (QED) is 0.460. The predicted molar refractivity (Wildman–Crippen MR) is 142 cm³/mol. The zero-order valence-corrected chi connectivity index (χ0v) is 21.7. The maximum Gasteiger partial charge on any atom is 0.314 e. The lowest BCUT2D eigenvalue weighted by atomic mass is 9.77. The van der Waals surface area contributed by atoms with Crippen molar-refractivity contribution in [2.24, 2.45) is 0 Å². The molecule has 0 saturated carbocycles. The molecule has 0 aliphatic carbocycles. The average molecular weight is 532 g/mol. The van der Waals surface area contributed by atoms with Gasteiger partial charge in [0.2, 0.25) is 12.7 Å². The van der Waals surface area contributed by atoms with Crippen molar-refractivity contribution in [3.05, 3.63) is 71.3 Å². The second kappa shape index (κ2) is 9.94. The summed E-state index contributed by atoms with van der Waals surface area (Å²) in [4.78, 5) is 28.2. The first kappa shape index (κ1) is 24.7. The molecule has 3 heterocycles. The number of amides is 3. The monoisotopic (exact) mass is 531 g/mol. The van der Waals surface area contributed by atoms with E-state index in [0.29, 0.717) is 48.3 Å². The van der Waals surface area contributed by atoms with Gasteiger partial charge in [0.15, 0.2) is 11.5 Å². The third kappa shape index (κ3) is 4.21. The first-order valence-electron chi connectivity index (χ1n) is 12.8. The van der Waals surface area contributed by atoms with Crippen LogP contribution in [0.15, 0.2) is 54.6 Å². The Balaban J connectivity index is 1.10. The van der Waals surface area contributed by atoms with Gasteiger partial charge in [-0.2, -0.15) is 0 Å². The molecule has 1 spiro atoms. The highest BCUT2D eigenvalue weighted by Crippen LogP contribution is 2.54. The summed E-state index contributed by atoms with van der Waals surface area (Å²) in [5.74, 6) is 3.14. The molecular formula is C29H29N3O7. The van der Waals surface area contributed by atoms with E-state index < -0.39 is 5.41 Å². The fourth-order valence-electron chi connectivity index (χ4n) is 5.46. The standard InChI is InChI=1S/C29H29N3O7/c1-35-19-11-18(12-20(13-19)36-2)7-8-30-28(34)31-9-10-32-23-6-4-3-5-21(23)29(27(32)33)16-37-24-15-26-25(14-22(24)29)38-17-39-26/h3-6,11-15H,7-10,16-17H2,1-2H3,(H2,30,31,34). The van der Waals surface area contributed by atoms with Crippen LogP contribution < -0.4 is 39.2 Å². The van der Waals surface area contributed by atoms with E-state index >= 15 is 0 Å². The highest BCUT2D eigenvalue weighted by Gasteiger charge is 2.57. The van der Waals surface area contributed by atoms with Gasteiger partial charge in [0, 0.05) is 43.0 Å². The SMILES string of the molecule is COc1cc(CCNC(=O)NCCN2C(=O)C3(COc4cc5c(cc43)OCO5)c3ccccc32)cc(OC)c1. The average Bonchev–Trinajstić information content (AvgIpc) is 3.63. The van der Waals surface area contributed by atoms with Gasteiger partial charge in [-0.15, -0.1) is 0 Å². The second-order valence-corrected chi connectivity index (χ2v) is 9.52. The molecule has 3 aromatic rings. The van der Waals surface area contributed by atoms with Crippen LogP contribution in [0.3, 0.4) is 0 Å². The Bertz CT molecular complexity index is 1420. The number of rotatable bonds is 8. The first-order chi connectivity index (χ1) is 19.0. The Morgan fingerprint density at radius 1 is 0.897 bits per heavy atom. The molecule has 3 amide bonds. The highest BCUT2D eigenvalue weighted by atomic mass is 16.7. The molecule has 10 nitrogen and oxygen atoms in total. The number of nitrogens with zero attached hydrogens (tertiary/aromatic N) is 1. The fourth-order valence-corrected chi connectivity index (χ4v) is 5.46. The van der Waals surface area contributed by atoms with E-state index in [1.807, 2.05) is 42.5 Å². The van der Waals surface area contributed by atoms with Gasteiger partial charge < -0.3 is 39.2 Å². The summed E-state index contributed by atoms with van der Waals surface area (Å²) >= 11 is 0. The minimum absolute atomic E-state index is 0.0875. The van der Waals surface area contributed by atoms with E-state index in [9.17, 15) is 9.59 Å². The third-order valence-corrected chi connectivity index (χ3v) is 7.38. The van der Waals surface area contributed by atoms with Crippen molar-refractivity contribution >= 4 is 17.6 Å². The third-order valence-electron chi connectivity index (χ3n) is 7.38. The van der Waals surface area contributed by atoms with Crippen molar-refractivity contribution in [1.29, 1.82) is 0 Å². The zero-order chi connectivity index (χ0) is 27.0. The lowest BCUT2D eigenvalue weighted by Gasteiger charge is -2.23. The molecule has 2 N–H and O–H groups in total. The van der Waals surface area contributed by atoms with Gasteiger partial charge in [-0.25, -0.2) is 4.79 Å². The summed E-state index contributed by atoms with van der Waals surface area (Å²) in [6.45, 7) is 1.37. The number of ether oxygens (including phenoxy) is 5. The number of para-hydroxylation sites is 1. The van der Waals surface area contributed by atoms with Crippen LogP contribution in [-0.2, 0) is 16.6 Å². The molecule has 1 atom stereocenters. The smallest absolute Gasteiger partial charge is 0.314 e. The molecule has 0 fully saturated rings. The van der Waals surface area contributed by atoms with E-state index in [1.54, 1.807) is 31.3 Å². The Kier molecular flexibility index (Phi) is 6.30. The number of hydrogen-bond donors (Lipinski definition) is 2. The summed E-state index contributed by atoms with van der Waals surface area (Å²) in [6.07, 6.45) is 0.610. The molecular weight excluding hydrogens is 502 g/mol. The number of methoxy groups -OCH3 is 2. The number of benzene rings is 3. The van der Waals surface area contributed by atoms with Crippen LogP contribution in [0.5, 0.6) is 28.7 Å². The lowest BCUT2D eigenvalue weighted by molar-refractivity contribution is -0.122. The summed E-state index contributed by atoms with van der Waals surface area (Å²) in [6, 6.07) is 16.7. The predicted octanol–water partition coefficient (Wildman–Crippen LogP) is 3.00. The summed E-state index contributed by atoms with van der Waals surface area (Å²) < 4.78 is 27.7. The van der Waals surface area contributed by atoms with Crippen LogP contribution in [0, 0.1) is 0 Å². The van der Waals surface area contributed by atoms with Crippen LogP contribution >= 0.6 is 0 Å². The molecule has 0 saturated heterocycles. The van der Waals surface area contributed by atoms with Gasteiger partial charge in [0.05, 0.1) is 14.2 Å². The van der Waals surface area contributed by atoms with Gasteiger partial charge in [0.1, 0.15) is 29.3 Å². The van der Waals surface area contributed by atoms with E-state index in [-0.39, 0.29) is 31.9 Å². The van der Waals surface area contributed by atoms with Gasteiger partial charge in [0.25, 0.3) is 0 Å². The molecule has 3 aromatic carbocycles. The maximum atomic E-state index is 14.0. The van der Waals surface area contributed by atoms with Crippen molar-refractivity contribution in [3.8, 4) is 28.7 Å². The number of fused-ring (bicyclic) bond motifs is 5. The minimum Gasteiger partial charge on any atom is -0.497 e. The molecule has 0 radical (unpaired) electrons. The fraction of sp³-hybridized carbons (Fsp3) is 0.310. The van der Waals surface area contributed by atoms with Crippen molar-refractivity contribution in [1.82, 2.24) is 10.6 Å². The van der Waals surface area contributed by atoms with Crippen LogP contribution in [0.1, 0.15) is 16.7 Å². The molecule has 0 bridgehead atoms. The van der Waals surface area contributed by atoms with Crippen molar-refractivity contribution < 1.29 is 33.3 Å². The first-order valence-corrected chi connectivity index (χ1v) is 12.8. The van der Waals surface area contributed by atoms with Crippen molar-refractivity contribution in [2.75, 3.05) is 52.2 Å². The van der Waals surface area contributed by atoms with Crippen molar-refractivity contribution in [2.45, 2.75) is 11.8 Å². The van der Waals surface area contributed by atoms with Crippen LogP contribution in [0.2, 0.25) is 0 Å². The Morgan fingerprint density at radius 2 is 1.62 bits per heavy atom. The van der Waals surface area contributed by atoms with Gasteiger partial charge in [-0.05, 0) is 41.8 Å². The number of carbonyl (C=O) groups is 2. The highest BCUT2D eigenvalue weighted by molar-refractivity contribution is 6.11. The summed E-state index contributed by atoms with van der Waals surface area (Å²) in [7, 11) is 3.20. The zero-order valence-electron chi connectivity index (χ0n) is 21.7. The van der Waals surface area contributed by atoms with E-state index in [0.717, 1.165) is 22.4 Å². The lowest BCUT2D eigenvalue weighted by Crippen LogP contribution is -2.46. The normalized spacial score (nSPS) is 18.0. The molecule has 3 aliphatic rings. The molecule has 1 unspecified atom stereocenters. The largest absolute Gasteiger partial charge is 0.497 e. The number of nitrogens with one attached hydrogen (secondary N) is 2. The minimum atomic E-state index is -0.965. The van der Waals surface area contributed by atoms with Gasteiger partial charge in [-0.1, -0.05) is 18.2 Å². The molecule has 3 aliphatic heterocycles. The van der Waals surface area contributed by atoms with Crippen LogP contribution in [0.4, 0.5) is 10.5 Å². The molecule has 202 valence electrons. The summed E-state index contributed by atoms with van der Waals surface area (Å²) in [5.41, 5.74) is 2.48. The van der Waals surface area contributed by atoms with Gasteiger partial charge in [-0.3, -0.25) is 4.79 Å². The molecule has 10 heteroatoms. The summed E-state index contributed by atoms with van der Waals surface area (Å²) in [5, 5.41) is 5.73. The maximum absolute atomic E-state index is 14.0. The van der Waals surface area contributed by atoms with Crippen LogP contribution in [-0.4, -0.2) is 59.2 Å². The van der Waals surface area contributed by atoms with E-state index in [4.69, 9.17) is 23.7 Å². The number of urea groups is 1. The van der Waals surface area contributed by atoms with E-state index in [1.165, 1.54) is 0 Å². The molecule has 39 heavy (non-hydrogen) atoms. The van der Waals surface area contributed by atoms with Gasteiger partial charge >= 0.3 is 6.03 Å². The Morgan fingerprint density at radius 3 is 2.38 bits per heavy atom. The van der Waals surface area contributed by atoms with Crippen molar-refractivity contribution in [3.63, 3.8) is 0 Å². The Labute approximate surface area is 225 Å². The number of anilines is 1. The second-order valence-electron chi connectivity index (χ2n) is 9.52.